The Morgan fingerprint density at radius 1 is 1.28 bits per heavy atom. The molecule has 0 saturated heterocycles. The van der Waals surface area contributed by atoms with Crippen molar-refractivity contribution in [2.75, 3.05) is 0 Å². The lowest BCUT2D eigenvalue weighted by Crippen LogP contribution is -2.24. The van der Waals surface area contributed by atoms with Crippen LogP contribution < -0.4 is 5.73 Å². The van der Waals surface area contributed by atoms with E-state index in [0.29, 0.717) is 6.04 Å². The van der Waals surface area contributed by atoms with Crippen LogP contribution in [0.1, 0.15) is 76.6 Å². The molecule has 102 valence electrons. The van der Waals surface area contributed by atoms with Gasteiger partial charge in [0.25, 0.3) is 0 Å². The van der Waals surface area contributed by atoms with Gasteiger partial charge in [-0.25, -0.2) is 4.98 Å². The van der Waals surface area contributed by atoms with E-state index in [0.717, 1.165) is 12.3 Å². The smallest absolute Gasteiger partial charge is 0.0951 e. The SMILES string of the molecule is CCC(C1CCCCC1)n1cncc1[C@H](N)CC. The van der Waals surface area contributed by atoms with Crippen LogP contribution in [0.15, 0.2) is 12.5 Å². The molecule has 1 fully saturated rings. The van der Waals surface area contributed by atoms with Gasteiger partial charge in [0.1, 0.15) is 0 Å². The Hall–Kier alpha value is -0.830. The molecule has 3 heteroatoms. The molecule has 1 aliphatic rings. The third-order valence-electron chi connectivity index (χ3n) is 4.49. The van der Waals surface area contributed by atoms with Crippen molar-refractivity contribution in [3.8, 4) is 0 Å². The van der Waals surface area contributed by atoms with Crippen molar-refractivity contribution >= 4 is 0 Å². The number of hydrogen-bond acceptors (Lipinski definition) is 2. The zero-order valence-corrected chi connectivity index (χ0v) is 11.8. The Labute approximate surface area is 111 Å². The van der Waals surface area contributed by atoms with Gasteiger partial charge in [-0.05, 0) is 31.6 Å². The summed E-state index contributed by atoms with van der Waals surface area (Å²) in [6.07, 6.45) is 13.1. The summed E-state index contributed by atoms with van der Waals surface area (Å²) in [7, 11) is 0. The molecule has 0 aromatic carbocycles. The van der Waals surface area contributed by atoms with Crippen LogP contribution in [-0.2, 0) is 0 Å². The fourth-order valence-corrected chi connectivity index (χ4v) is 3.36. The van der Waals surface area contributed by atoms with E-state index in [1.165, 1.54) is 44.2 Å². The van der Waals surface area contributed by atoms with Crippen LogP contribution in [0.5, 0.6) is 0 Å². The third-order valence-corrected chi connectivity index (χ3v) is 4.49. The summed E-state index contributed by atoms with van der Waals surface area (Å²) >= 11 is 0. The summed E-state index contributed by atoms with van der Waals surface area (Å²) in [6.45, 7) is 4.43. The van der Waals surface area contributed by atoms with Gasteiger partial charge in [-0.1, -0.05) is 33.1 Å². The second kappa shape index (κ2) is 6.37. The van der Waals surface area contributed by atoms with Crippen LogP contribution in [0, 0.1) is 5.92 Å². The number of aromatic nitrogens is 2. The zero-order chi connectivity index (χ0) is 13.0. The summed E-state index contributed by atoms with van der Waals surface area (Å²) in [6, 6.07) is 0.727. The summed E-state index contributed by atoms with van der Waals surface area (Å²) in [5, 5.41) is 0. The third kappa shape index (κ3) is 2.77. The summed E-state index contributed by atoms with van der Waals surface area (Å²) in [4.78, 5) is 4.34. The van der Waals surface area contributed by atoms with Gasteiger partial charge in [0.05, 0.1) is 12.0 Å². The predicted octanol–water partition coefficient (Wildman–Crippen LogP) is 3.82. The van der Waals surface area contributed by atoms with Crippen LogP contribution >= 0.6 is 0 Å². The molecule has 0 aliphatic heterocycles. The minimum absolute atomic E-state index is 0.130. The van der Waals surface area contributed by atoms with Gasteiger partial charge >= 0.3 is 0 Å². The van der Waals surface area contributed by atoms with E-state index in [2.05, 4.69) is 23.4 Å². The van der Waals surface area contributed by atoms with Gasteiger partial charge in [0.2, 0.25) is 0 Å². The Morgan fingerprint density at radius 2 is 2.00 bits per heavy atom. The molecular weight excluding hydrogens is 222 g/mol. The van der Waals surface area contributed by atoms with Crippen LogP contribution in [0.25, 0.3) is 0 Å². The lowest BCUT2D eigenvalue weighted by Gasteiger charge is -2.32. The van der Waals surface area contributed by atoms with Crippen LogP contribution in [0.2, 0.25) is 0 Å². The first-order valence-electron chi connectivity index (χ1n) is 7.55. The maximum Gasteiger partial charge on any atom is 0.0951 e. The normalized spacial score (nSPS) is 20.8. The van der Waals surface area contributed by atoms with Crippen molar-refractivity contribution < 1.29 is 0 Å². The van der Waals surface area contributed by atoms with Gasteiger partial charge in [-0.2, -0.15) is 0 Å². The molecule has 0 radical (unpaired) electrons. The Balaban J connectivity index is 2.18. The first-order valence-corrected chi connectivity index (χ1v) is 7.55. The van der Waals surface area contributed by atoms with Crippen molar-refractivity contribution in [1.82, 2.24) is 9.55 Å². The van der Waals surface area contributed by atoms with Crippen molar-refractivity contribution in [2.24, 2.45) is 11.7 Å². The Morgan fingerprint density at radius 3 is 2.61 bits per heavy atom. The molecular formula is C15H27N3. The average Bonchev–Trinajstić information content (AvgIpc) is 2.89. The summed E-state index contributed by atoms with van der Waals surface area (Å²) in [5.41, 5.74) is 7.42. The fourth-order valence-electron chi connectivity index (χ4n) is 3.36. The quantitative estimate of drug-likeness (QED) is 0.862. The predicted molar refractivity (Wildman–Crippen MR) is 75.3 cm³/mol. The fraction of sp³-hybridized carbons (Fsp3) is 0.800. The van der Waals surface area contributed by atoms with Crippen molar-refractivity contribution in [1.29, 1.82) is 0 Å². The van der Waals surface area contributed by atoms with E-state index in [1.807, 2.05) is 12.5 Å². The van der Waals surface area contributed by atoms with E-state index in [1.54, 1.807) is 0 Å². The number of imidazole rings is 1. The molecule has 3 nitrogen and oxygen atoms in total. The first kappa shape index (κ1) is 13.6. The molecule has 0 bridgehead atoms. The van der Waals surface area contributed by atoms with Crippen LogP contribution in [0.4, 0.5) is 0 Å². The summed E-state index contributed by atoms with van der Waals surface area (Å²) < 4.78 is 2.37. The molecule has 2 rings (SSSR count). The molecule has 0 amide bonds. The molecule has 1 aromatic rings. The molecule has 1 aliphatic carbocycles. The number of nitrogens with two attached hydrogens (primary N) is 1. The zero-order valence-electron chi connectivity index (χ0n) is 11.8. The van der Waals surface area contributed by atoms with Gasteiger partial charge in [-0.3, -0.25) is 0 Å². The second-order valence-electron chi connectivity index (χ2n) is 5.61. The van der Waals surface area contributed by atoms with Crippen molar-refractivity contribution in [2.45, 2.75) is 70.9 Å². The van der Waals surface area contributed by atoms with Gasteiger partial charge in [0.15, 0.2) is 0 Å². The number of hydrogen-bond donors (Lipinski definition) is 1. The van der Waals surface area contributed by atoms with Crippen LogP contribution in [-0.4, -0.2) is 9.55 Å². The van der Waals surface area contributed by atoms with Crippen molar-refractivity contribution in [3.05, 3.63) is 18.2 Å². The standard InChI is InChI=1S/C15H27N3/c1-3-13(16)15-10-17-11-18(15)14(4-2)12-8-6-5-7-9-12/h10-14H,3-9,16H2,1-2H3/t13-,14?/m1/s1. The molecule has 1 aromatic heterocycles. The average molecular weight is 249 g/mol. The number of nitrogens with zero attached hydrogens (tertiary/aromatic N) is 2. The first-order chi connectivity index (χ1) is 8.77. The molecule has 18 heavy (non-hydrogen) atoms. The monoisotopic (exact) mass is 249 g/mol. The lowest BCUT2D eigenvalue weighted by molar-refractivity contribution is 0.237. The second-order valence-corrected chi connectivity index (χ2v) is 5.61. The van der Waals surface area contributed by atoms with Crippen molar-refractivity contribution in [3.63, 3.8) is 0 Å². The van der Waals surface area contributed by atoms with E-state index in [4.69, 9.17) is 5.73 Å². The van der Waals surface area contributed by atoms with Gasteiger partial charge in [-0.15, -0.1) is 0 Å². The molecule has 2 N–H and O–H groups in total. The van der Waals surface area contributed by atoms with E-state index < -0.39 is 0 Å². The Kier molecular flexibility index (Phi) is 4.81. The van der Waals surface area contributed by atoms with Gasteiger partial charge in [0, 0.05) is 18.3 Å². The Bertz CT molecular complexity index is 352. The highest BCUT2D eigenvalue weighted by Gasteiger charge is 2.25. The lowest BCUT2D eigenvalue weighted by atomic mass is 9.82. The maximum atomic E-state index is 6.20. The molecule has 0 spiro atoms. The van der Waals surface area contributed by atoms with Gasteiger partial charge < -0.3 is 10.3 Å². The minimum Gasteiger partial charge on any atom is -0.330 e. The maximum absolute atomic E-state index is 6.20. The summed E-state index contributed by atoms with van der Waals surface area (Å²) in [5.74, 6) is 0.820. The number of rotatable bonds is 5. The minimum atomic E-state index is 0.130. The topological polar surface area (TPSA) is 43.8 Å². The highest BCUT2D eigenvalue weighted by atomic mass is 15.1. The van der Waals surface area contributed by atoms with E-state index >= 15 is 0 Å². The highest BCUT2D eigenvalue weighted by Crippen LogP contribution is 2.36. The molecule has 1 unspecified atom stereocenters. The van der Waals surface area contributed by atoms with Crippen LogP contribution in [0.3, 0.4) is 0 Å². The molecule has 2 atom stereocenters. The molecule has 1 heterocycles. The van der Waals surface area contributed by atoms with E-state index in [9.17, 15) is 0 Å². The van der Waals surface area contributed by atoms with E-state index in [-0.39, 0.29) is 6.04 Å². The highest BCUT2D eigenvalue weighted by molar-refractivity contribution is 5.06. The largest absolute Gasteiger partial charge is 0.330 e. The molecule has 1 saturated carbocycles.